The van der Waals surface area contributed by atoms with Crippen LogP contribution in [-0.4, -0.2) is 63.0 Å². The number of ether oxygens (including phenoxy) is 1. The van der Waals surface area contributed by atoms with E-state index in [4.69, 9.17) is 15.9 Å². The molecule has 1 rings (SSSR count). The molecule has 0 aromatic rings. The molecular formula is C9H19N3O3S. The molecule has 0 aromatic heterocycles. The Hall–Kier alpha value is -0.660. The molecule has 1 heterocycles. The molecule has 94 valence electrons. The van der Waals surface area contributed by atoms with Crippen LogP contribution in [0, 0.1) is 5.41 Å². The average Bonchev–Trinajstić information content (AvgIpc) is 2.27. The van der Waals surface area contributed by atoms with Gasteiger partial charge in [0.1, 0.15) is 11.9 Å². The minimum absolute atomic E-state index is 0.00282. The lowest BCUT2D eigenvalue weighted by Gasteiger charge is -2.31. The normalized spacial score (nSPS) is 23.2. The van der Waals surface area contributed by atoms with E-state index in [0.717, 1.165) is 0 Å². The van der Waals surface area contributed by atoms with Crippen molar-refractivity contribution >= 4 is 15.7 Å². The van der Waals surface area contributed by atoms with Gasteiger partial charge in [0, 0.05) is 25.4 Å². The Kier molecular flexibility index (Phi) is 4.69. The zero-order valence-electron chi connectivity index (χ0n) is 9.48. The molecule has 1 saturated heterocycles. The Morgan fingerprint density at radius 2 is 2.31 bits per heavy atom. The van der Waals surface area contributed by atoms with Crippen molar-refractivity contribution in [2.45, 2.75) is 13.0 Å². The highest BCUT2D eigenvalue weighted by Gasteiger charge is 2.23. The lowest BCUT2D eigenvalue weighted by atomic mass is 10.2. The van der Waals surface area contributed by atoms with E-state index < -0.39 is 15.9 Å². The standard InChI is InChI=1S/C9H19N3O3S/c1-2-16(13,14)6-4-12-3-5-15-8(7-12)9(10)11/h8H,2-7H2,1H3,(H3,10,11). The van der Waals surface area contributed by atoms with Gasteiger partial charge in [-0.3, -0.25) is 10.3 Å². The van der Waals surface area contributed by atoms with Gasteiger partial charge >= 0.3 is 0 Å². The van der Waals surface area contributed by atoms with Gasteiger partial charge in [-0.15, -0.1) is 0 Å². The molecule has 6 nitrogen and oxygen atoms in total. The smallest absolute Gasteiger partial charge is 0.151 e. The number of hydrogen-bond donors (Lipinski definition) is 2. The molecule has 1 unspecified atom stereocenters. The summed E-state index contributed by atoms with van der Waals surface area (Å²) in [7, 11) is -2.92. The van der Waals surface area contributed by atoms with Crippen LogP contribution in [-0.2, 0) is 14.6 Å². The molecule has 1 fully saturated rings. The van der Waals surface area contributed by atoms with Gasteiger partial charge in [-0.2, -0.15) is 0 Å². The molecule has 0 aromatic carbocycles. The van der Waals surface area contributed by atoms with Crippen LogP contribution in [0.25, 0.3) is 0 Å². The molecule has 0 spiro atoms. The van der Waals surface area contributed by atoms with Crippen LogP contribution in [0.5, 0.6) is 0 Å². The predicted octanol–water partition coefficient (Wildman–Crippen LogP) is -0.942. The molecule has 0 aliphatic carbocycles. The summed E-state index contributed by atoms with van der Waals surface area (Å²) in [5, 5.41) is 7.28. The summed E-state index contributed by atoms with van der Waals surface area (Å²) in [6.45, 7) is 3.84. The Morgan fingerprint density at radius 3 is 2.88 bits per heavy atom. The van der Waals surface area contributed by atoms with Crippen molar-refractivity contribution in [2.24, 2.45) is 5.73 Å². The minimum Gasteiger partial charge on any atom is -0.385 e. The number of nitrogens with one attached hydrogen (secondary N) is 1. The first-order valence-corrected chi connectivity index (χ1v) is 7.15. The topological polar surface area (TPSA) is 96.5 Å². The molecule has 1 atom stereocenters. The summed E-state index contributed by atoms with van der Waals surface area (Å²) < 4.78 is 28.0. The second kappa shape index (κ2) is 5.60. The van der Waals surface area contributed by atoms with Crippen molar-refractivity contribution in [3.63, 3.8) is 0 Å². The Labute approximate surface area is 96.2 Å². The van der Waals surface area contributed by atoms with Gasteiger partial charge < -0.3 is 10.5 Å². The van der Waals surface area contributed by atoms with E-state index in [1.807, 2.05) is 4.90 Å². The molecule has 1 aliphatic heterocycles. The van der Waals surface area contributed by atoms with Crippen molar-refractivity contribution in [1.82, 2.24) is 4.90 Å². The Morgan fingerprint density at radius 1 is 1.62 bits per heavy atom. The van der Waals surface area contributed by atoms with Gasteiger partial charge in [0.15, 0.2) is 9.84 Å². The Balaban J connectivity index is 2.41. The molecular weight excluding hydrogens is 230 g/mol. The molecule has 3 N–H and O–H groups in total. The number of sulfone groups is 1. The summed E-state index contributed by atoms with van der Waals surface area (Å²) in [5.74, 6) is 0.338. The largest absolute Gasteiger partial charge is 0.385 e. The van der Waals surface area contributed by atoms with Crippen molar-refractivity contribution in [1.29, 1.82) is 5.41 Å². The zero-order valence-corrected chi connectivity index (χ0v) is 10.3. The van der Waals surface area contributed by atoms with E-state index in [9.17, 15) is 8.42 Å². The number of amidine groups is 1. The van der Waals surface area contributed by atoms with E-state index in [2.05, 4.69) is 0 Å². The maximum atomic E-state index is 11.3. The monoisotopic (exact) mass is 249 g/mol. The third-order valence-electron chi connectivity index (χ3n) is 2.66. The van der Waals surface area contributed by atoms with Crippen molar-refractivity contribution in [2.75, 3.05) is 37.7 Å². The van der Waals surface area contributed by atoms with Gasteiger partial charge in [-0.05, 0) is 0 Å². The fourth-order valence-corrected chi connectivity index (χ4v) is 2.33. The van der Waals surface area contributed by atoms with Gasteiger partial charge in [0.25, 0.3) is 0 Å². The summed E-state index contributed by atoms with van der Waals surface area (Å²) in [4.78, 5) is 1.97. The zero-order chi connectivity index (χ0) is 12.2. The number of rotatable bonds is 5. The fraction of sp³-hybridized carbons (Fsp3) is 0.889. The highest BCUT2D eigenvalue weighted by molar-refractivity contribution is 7.91. The predicted molar refractivity (Wildman–Crippen MR) is 62.4 cm³/mol. The number of hydrogen-bond acceptors (Lipinski definition) is 5. The third kappa shape index (κ3) is 4.07. The van der Waals surface area contributed by atoms with Gasteiger partial charge in [0.05, 0.1) is 12.4 Å². The highest BCUT2D eigenvalue weighted by Crippen LogP contribution is 2.05. The maximum Gasteiger partial charge on any atom is 0.151 e. The minimum atomic E-state index is -2.92. The number of nitrogens with two attached hydrogens (primary N) is 1. The quantitative estimate of drug-likeness (QED) is 0.484. The second-order valence-corrected chi connectivity index (χ2v) is 6.32. The van der Waals surface area contributed by atoms with Crippen LogP contribution in [0.3, 0.4) is 0 Å². The van der Waals surface area contributed by atoms with Crippen molar-refractivity contribution in [3.05, 3.63) is 0 Å². The van der Waals surface area contributed by atoms with Crippen LogP contribution < -0.4 is 5.73 Å². The van der Waals surface area contributed by atoms with Gasteiger partial charge in [-0.25, -0.2) is 8.42 Å². The van der Waals surface area contributed by atoms with Crippen molar-refractivity contribution < 1.29 is 13.2 Å². The first-order chi connectivity index (χ1) is 7.44. The summed E-state index contributed by atoms with van der Waals surface area (Å²) in [6.07, 6.45) is -0.391. The fourth-order valence-electron chi connectivity index (χ4n) is 1.51. The van der Waals surface area contributed by atoms with Crippen LogP contribution in [0.15, 0.2) is 0 Å². The molecule has 7 heteroatoms. The number of nitrogens with zero attached hydrogens (tertiary/aromatic N) is 1. The molecule has 0 saturated carbocycles. The molecule has 0 amide bonds. The van der Waals surface area contributed by atoms with Crippen molar-refractivity contribution in [3.8, 4) is 0 Å². The summed E-state index contributed by atoms with van der Waals surface area (Å²) >= 11 is 0. The Bertz CT molecular complexity index is 342. The maximum absolute atomic E-state index is 11.3. The number of morpholine rings is 1. The average molecular weight is 249 g/mol. The second-order valence-electron chi connectivity index (χ2n) is 3.85. The van der Waals surface area contributed by atoms with E-state index in [-0.39, 0.29) is 17.3 Å². The molecule has 0 bridgehead atoms. The lowest BCUT2D eigenvalue weighted by molar-refractivity contribution is 0.00815. The summed E-state index contributed by atoms with van der Waals surface area (Å²) in [6, 6.07) is 0. The SMILES string of the molecule is CCS(=O)(=O)CCN1CCOC(C(=N)N)C1. The third-order valence-corrected chi connectivity index (χ3v) is 4.34. The summed E-state index contributed by atoms with van der Waals surface area (Å²) in [5.41, 5.74) is 5.35. The first-order valence-electron chi connectivity index (χ1n) is 5.33. The van der Waals surface area contributed by atoms with Crippen LogP contribution in [0.4, 0.5) is 0 Å². The van der Waals surface area contributed by atoms with Crippen LogP contribution in [0.2, 0.25) is 0 Å². The van der Waals surface area contributed by atoms with Gasteiger partial charge in [-0.1, -0.05) is 6.92 Å². The molecule has 0 radical (unpaired) electrons. The van der Waals surface area contributed by atoms with E-state index >= 15 is 0 Å². The van der Waals surface area contributed by atoms with E-state index in [0.29, 0.717) is 26.2 Å². The molecule has 16 heavy (non-hydrogen) atoms. The van der Waals surface area contributed by atoms with Gasteiger partial charge in [0.2, 0.25) is 0 Å². The van der Waals surface area contributed by atoms with E-state index in [1.54, 1.807) is 6.92 Å². The van der Waals surface area contributed by atoms with E-state index in [1.165, 1.54) is 0 Å². The lowest BCUT2D eigenvalue weighted by Crippen LogP contribution is -2.49. The van der Waals surface area contributed by atoms with Crippen LogP contribution >= 0.6 is 0 Å². The molecule has 1 aliphatic rings. The highest BCUT2D eigenvalue weighted by atomic mass is 32.2. The van der Waals surface area contributed by atoms with Crippen LogP contribution in [0.1, 0.15) is 6.92 Å². The first kappa shape index (κ1) is 13.4.